The highest BCUT2D eigenvalue weighted by Gasteiger charge is 2.30. The van der Waals surface area contributed by atoms with E-state index in [1.807, 2.05) is 0 Å². The zero-order chi connectivity index (χ0) is 16.3. The summed E-state index contributed by atoms with van der Waals surface area (Å²) in [7, 11) is -3.17. The van der Waals surface area contributed by atoms with Crippen molar-refractivity contribution in [3.05, 3.63) is 0 Å². The summed E-state index contributed by atoms with van der Waals surface area (Å²) in [6, 6.07) is 0. The summed E-state index contributed by atoms with van der Waals surface area (Å²) in [5, 5.41) is 2.65. The second-order valence-corrected chi connectivity index (χ2v) is 8.44. The van der Waals surface area contributed by atoms with Crippen molar-refractivity contribution in [1.82, 2.24) is 14.5 Å². The number of amides is 2. The maximum Gasteiger partial charge on any atom is 0.311 e. The molecule has 2 saturated heterocycles. The van der Waals surface area contributed by atoms with E-state index in [1.165, 1.54) is 10.6 Å². The third-order valence-corrected chi connectivity index (χ3v) is 5.80. The first kappa shape index (κ1) is 17.2. The third kappa shape index (κ3) is 4.42. The molecule has 0 aromatic rings. The Morgan fingerprint density at radius 2 is 1.77 bits per heavy atom. The standard InChI is InChI=1S/C14H25N3O4S/c1-11-3-6-16(7-4-11)14(19)13(18)15-9-12-5-8-17(10-12)22(2,20)21/h11-12H,3-10H2,1-2H3,(H,15,18). The van der Waals surface area contributed by atoms with Gasteiger partial charge in [-0.2, -0.15) is 0 Å². The minimum Gasteiger partial charge on any atom is -0.348 e. The average molecular weight is 331 g/mol. The highest BCUT2D eigenvalue weighted by molar-refractivity contribution is 7.88. The van der Waals surface area contributed by atoms with Crippen LogP contribution in [-0.4, -0.2) is 68.4 Å². The number of hydrogen-bond donors (Lipinski definition) is 1. The predicted octanol–water partition coefficient (Wildman–Crippen LogP) is -0.357. The summed E-state index contributed by atoms with van der Waals surface area (Å²) in [6.45, 7) is 4.67. The number of rotatable bonds is 3. The monoisotopic (exact) mass is 331 g/mol. The molecule has 0 radical (unpaired) electrons. The zero-order valence-electron chi connectivity index (χ0n) is 13.2. The summed E-state index contributed by atoms with van der Waals surface area (Å²) in [5.74, 6) is -0.363. The molecule has 0 aliphatic carbocycles. The van der Waals surface area contributed by atoms with Crippen LogP contribution in [0.2, 0.25) is 0 Å². The molecule has 0 aromatic heterocycles. The Balaban J connectivity index is 1.75. The van der Waals surface area contributed by atoms with Gasteiger partial charge < -0.3 is 10.2 Å². The van der Waals surface area contributed by atoms with Gasteiger partial charge in [0.1, 0.15) is 0 Å². The molecule has 2 rings (SSSR count). The van der Waals surface area contributed by atoms with Crippen LogP contribution in [-0.2, 0) is 19.6 Å². The van der Waals surface area contributed by atoms with E-state index < -0.39 is 21.8 Å². The Morgan fingerprint density at radius 1 is 1.14 bits per heavy atom. The number of likely N-dealkylation sites (tertiary alicyclic amines) is 1. The normalized spacial score (nSPS) is 24.5. The van der Waals surface area contributed by atoms with E-state index in [4.69, 9.17) is 0 Å². The van der Waals surface area contributed by atoms with Crippen LogP contribution in [0.15, 0.2) is 0 Å². The van der Waals surface area contributed by atoms with Gasteiger partial charge in [-0.05, 0) is 31.1 Å². The maximum atomic E-state index is 12.0. The molecule has 0 saturated carbocycles. The van der Waals surface area contributed by atoms with Crippen LogP contribution in [0.25, 0.3) is 0 Å². The molecule has 2 heterocycles. The van der Waals surface area contributed by atoms with E-state index in [2.05, 4.69) is 12.2 Å². The van der Waals surface area contributed by atoms with Crippen molar-refractivity contribution < 1.29 is 18.0 Å². The molecule has 2 aliphatic rings. The molecule has 8 heteroatoms. The fourth-order valence-corrected chi connectivity index (χ4v) is 3.85. The third-order valence-electron chi connectivity index (χ3n) is 4.53. The van der Waals surface area contributed by atoms with Gasteiger partial charge >= 0.3 is 11.8 Å². The van der Waals surface area contributed by atoms with Crippen LogP contribution < -0.4 is 5.32 Å². The number of nitrogens with one attached hydrogen (secondary N) is 1. The number of hydrogen-bond acceptors (Lipinski definition) is 4. The largest absolute Gasteiger partial charge is 0.348 e. The second-order valence-electron chi connectivity index (χ2n) is 6.46. The molecule has 7 nitrogen and oxygen atoms in total. The van der Waals surface area contributed by atoms with Crippen molar-refractivity contribution >= 4 is 21.8 Å². The second kappa shape index (κ2) is 6.95. The van der Waals surface area contributed by atoms with Crippen molar-refractivity contribution in [2.24, 2.45) is 11.8 Å². The van der Waals surface area contributed by atoms with E-state index in [1.54, 1.807) is 4.90 Å². The Hall–Kier alpha value is -1.15. The van der Waals surface area contributed by atoms with Crippen LogP contribution in [0.5, 0.6) is 0 Å². The lowest BCUT2D eigenvalue weighted by atomic mass is 9.99. The molecule has 0 aromatic carbocycles. The lowest BCUT2D eigenvalue weighted by molar-refractivity contribution is -0.146. The molecule has 1 N–H and O–H groups in total. The molecule has 0 spiro atoms. The Bertz CT molecular complexity index is 526. The number of carbonyl (C=O) groups excluding carboxylic acids is 2. The lowest BCUT2D eigenvalue weighted by Gasteiger charge is -2.29. The Kier molecular flexibility index (Phi) is 5.44. The van der Waals surface area contributed by atoms with Crippen LogP contribution in [0, 0.1) is 11.8 Å². The molecular formula is C14H25N3O4S. The number of piperidine rings is 1. The molecule has 2 fully saturated rings. The highest BCUT2D eigenvalue weighted by atomic mass is 32.2. The van der Waals surface area contributed by atoms with Gasteiger partial charge in [0.15, 0.2) is 0 Å². The summed E-state index contributed by atoms with van der Waals surface area (Å²) in [6.07, 6.45) is 3.77. The summed E-state index contributed by atoms with van der Waals surface area (Å²) < 4.78 is 24.3. The van der Waals surface area contributed by atoms with Gasteiger partial charge in [0.25, 0.3) is 0 Å². The van der Waals surface area contributed by atoms with Gasteiger partial charge in [-0.1, -0.05) is 6.92 Å². The first-order valence-corrected chi connectivity index (χ1v) is 9.64. The fraction of sp³-hybridized carbons (Fsp3) is 0.857. The molecule has 1 unspecified atom stereocenters. The predicted molar refractivity (Wildman–Crippen MR) is 82.5 cm³/mol. The number of nitrogens with zero attached hydrogens (tertiary/aromatic N) is 2. The van der Waals surface area contributed by atoms with Crippen molar-refractivity contribution in [3.8, 4) is 0 Å². The molecular weight excluding hydrogens is 306 g/mol. The van der Waals surface area contributed by atoms with E-state index in [0.29, 0.717) is 45.1 Å². The Morgan fingerprint density at radius 3 is 2.32 bits per heavy atom. The molecule has 126 valence electrons. The number of carbonyl (C=O) groups is 2. The van der Waals surface area contributed by atoms with E-state index >= 15 is 0 Å². The van der Waals surface area contributed by atoms with Crippen molar-refractivity contribution in [1.29, 1.82) is 0 Å². The number of sulfonamides is 1. The van der Waals surface area contributed by atoms with Crippen LogP contribution in [0.1, 0.15) is 26.2 Å². The SMILES string of the molecule is CC1CCN(C(=O)C(=O)NCC2CCN(S(C)(=O)=O)C2)CC1. The topological polar surface area (TPSA) is 86.8 Å². The zero-order valence-corrected chi connectivity index (χ0v) is 14.1. The molecule has 22 heavy (non-hydrogen) atoms. The first-order valence-electron chi connectivity index (χ1n) is 7.79. The Labute approximate surface area is 132 Å². The van der Waals surface area contributed by atoms with E-state index in [0.717, 1.165) is 12.8 Å². The molecule has 2 aliphatic heterocycles. The minimum absolute atomic E-state index is 0.0767. The summed E-state index contributed by atoms with van der Waals surface area (Å²) in [4.78, 5) is 25.6. The molecule has 2 amide bonds. The van der Waals surface area contributed by atoms with Crippen LogP contribution in [0.3, 0.4) is 0 Å². The van der Waals surface area contributed by atoms with Gasteiger partial charge in [0.2, 0.25) is 10.0 Å². The lowest BCUT2D eigenvalue weighted by Crippen LogP contribution is -2.47. The van der Waals surface area contributed by atoms with E-state index in [9.17, 15) is 18.0 Å². The highest BCUT2D eigenvalue weighted by Crippen LogP contribution is 2.18. The summed E-state index contributed by atoms with van der Waals surface area (Å²) in [5.41, 5.74) is 0. The van der Waals surface area contributed by atoms with Gasteiger partial charge in [-0.15, -0.1) is 0 Å². The van der Waals surface area contributed by atoms with Crippen molar-refractivity contribution in [2.75, 3.05) is 39.0 Å². The van der Waals surface area contributed by atoms with Gasteiger partial charge in [0.05, 0.1) is 6.26 Å². The fourth-order valence-electron chi connectivity index (χ4n) is 2.93. The van der Waals surface area contributed by atoms with E-state index in [-0.39, 0.29) is 5.92 Å². The minimum atomic E-state index is -3.17. The molecule has 0 bridgehead atoms. The average Bonchev–Trinajstić information content (AvgIpc) is 2.94. The van der Waals surface area contributed by atoms with Crippen LogP contribution in [0.4, 0.5) is 0 Å². The quantitative estimate of drug-likeness (QED) is 0.716. The smallest absolute Gasteiger partial charge is 0.311 e. The van der Waals surface area contributed by atoms with Gasteiger partial charge in [-0.3, -0.25) is 9.59 Å². The van der Waals surface area contributed by atoms with Crippen molar-refractivity contribution in [3.63, 3.8) is 0 Å². The summed E-state index contributed by atoms with van der Waals surface area (Å²) >= 11 is 0. The molecule has 1 atom stereocenters. The maximum absolute atomic E-state index is 12.0. The van der Waals surface area contributed by atoms with Crippen molar-refractivity contribution in [2.45, 2.75) is 26.2 Å². The van der Waals surface area contributed by atoms with Gasteiger partial charge in [-0.25, -0.2) is 12.7 Å². The van der Waals surface area contributed by atoms with Gasteiger partial charge in [0, 0.05) is 32.7 Å². The first-order chi connectivity index (χ1) is 10.3. The van der Waals surface area contributed by atoms with Crippen LogP contribution >= 0.6 is 0 Å².